The van der Waals surface area contributed by atoms with Gasteiger partial charge in [-0.3, -0.25) is 14.6 Å². The highest BCUT2D eigenvalue weighted by Gasteiger charge is 2.22. The molecule has 0 saturated carbocycles. The van der Waals surface area contributed by atoms with Crippen molar-refractivity contribution in [2.75, 3.05) is 5.32 Å². The fourth-order valence-corrected chi connectivity index (χ4v) is 2.79. The zero-order valence-electron chi connectivity index (χ0n) is 16.8. The maximum absolute atomic E-state index is 13.0. The summed E-state index contributed by atoms with van der Waals surface area (Å²) in [4.78, 5) is 29.6. The van der Waals surface area contributed by atoms with E-state index in [9.17, 15) is 9.59 Å². The summed E-state index contributed by atoms with van der Waals surface area (Å²) >= 11 is 0. The summed E-state index contributed by atoms with van der Waals surface area (Å²) in [7, 11) is 0. The zero-order valence-corrected chi connectivity index (χ0v) is 16.8. The monoisotopic (exact) mass is 387 g/mol. The molecule has 148 valence electrons. The third-order valence-electron chi connectivity index (χ3n) is 4.46. The van der Waals surface area contributed by atoms with Crippen molar-refractivity contribution in [3.63, 3.8) is 0 Å². The van der Waals surface area contributed by atoms with Gasteiger partial charge < -0.3 is 10.6 Å². The molecule has 1 unspecified atom stereocenters. The fourth-order valence-electron chi connectivity index (χ4n) is 2.79. The van der Waals surface area contributed by atoms with Crippen LogP contribution in [0.4, 0.5) is 5.69 Å². The second kappa shape index (κ2) is 8.69. The lowest BCUT2D eigenvalue weighted by molar-refractivity contribution is -0.123. The summed E-state index contributed by atoms with van der Waals surface area (Å²) in [6.07, 6.45) is 1.71. The maximum atomic E-state index is 13.0. The summed E-state index contributed by atoms with van der Waals surface area (Å²) in [5.74, 6) is -0.345. The molecule has 0 bridgehead atoms. The standard InChI is InChI=1S/C24H25N3O2/c1-24(2,3)23(29)26-19-13-9-12-18(16-19)22(28)27-21(17-10-5-4-6-11-17)20-14-7-8-15-25-20/h4-16,21H,1-3H3,(H,26,29)(H,27,28). The van der Waals surface area contributed by atoms with Gasteiger partial charge in [-0.25, -0.2) is 0 Å². The molecule has 1 atom stereocenters. The van der Waals surface area contributed by atoms with Gasteiger partial charge in [0.2, 0.25) is 5.91 Å². The zero-order chi connectivity index (χ0) is 20.9. The Hall–Kier alpha value is -3.47. The van der Waals surface area contributed by atoms with Crippen LogP contribution in [0.15, 0.2) is 79.0 Å². The predicted octanol–water partition coefficient (Wildman–Crippen LogP) is 4.59. The molecule has 0 fully saturated rings. The van der Waals surface area contributed by atoms with Gasteiger partial charge in [0.25, 0.3) is 5.91 Å². The second-order valence-electron chi connectivity index (χ2n) is 7.86. The Bertz CT molecular complexity index is 940. The van der Waals surface area contributed by atoms with Crippen LogP contribution in [0.1, 0.15) is 48.4 Å². The van der Waals surface area contributed by atoms with Gasteiger partial charge in [0, 0.05) is 22.9 Å². The number of nitrogens with zero attached hydrogens (tertiary/aromatic N) is 1. The molecule has 0 radical (unpaired) electrons. The Labute approximate surface area is 171 Å². The van der Waals surface area contributed by atoms with Crippen LogP contribution in [0.25, 0.3) is 0 Å². The van der Waals surface area contributed by atoms with E-state index in [4.69, 9.17) is 0 Å². The lowest BCUT2D eigenvalue weighted by Gasteiger charge is -2.20. The highest BCUT2D eigenvalue weighted by Crippen LogP contribution is 2.22. The van der Waals surface area contributed by atoms with Crippen molar-refractivity contribution in [2.24, 2.45) is 5.41 Å². The van der Waals surface area contributed by atoms with Crippen LogP contribution in [-0.4, -0.2) is 16.8 Å². The molecule has 2 amide bonds. The summed E-state index contributed by atoms with van der Waals surface area (Å²) in [6, 6.07) is 21.9. The smallest absolute Gasteiger partial charge is 0.252 e. The lowest BCUT2D eigenvalue weighted by atomic mass is 9.95. The normalized spacial score (nSPS) is 12.1. The molecule has 3 rings (SSSR count). The first-order chi connectivity index (χ1) is 13.8. The first-order valence-corrected chi connectivity index (χ1v) is 9.53. The van der Waals surface area contributed by atoms with Crippen LogP contribution in [0, 0.1) is 5.41 Å². The largest absolute Gasteiger partial charge is 0.340 e. The van der Waals surface area contributed by atoms with Gasteiger partial charge in [0.05, 0.1) is 11.7 Å². The molecule has 1 heterocycles. The Morgan fingerprint density at radius 2 is 1.62 bits per heavy atom. The molecule has 1 aromatic heterocycles. The average molecular weight is 387 g/mol. The molecular weight excluding hydrogens is 362 g/mol. The quantitative estimate of drug-likeness (QED) is 0.673. The van der Waals surface area contributed by atoms with Crippen LogP contribution < -0.4 is 10.6 Å². The molecule has 0 aliphatic carbocycles. The van der Waals surface area contributed by atoms with E-state index in [0.29, 0.717) is 11.3 Å². The van der Waals surface area contributed by atoms with E-state index in [2.05, 4.69) is 15.6 Å². The first-order valence-electron chi connectivity index (χ1n) is 9.53. The average Bonchev–Trinajstić information content (AvgIpc) is 2.72. The topological polar surface area (TPSA) is 71.1 Å². The molecule has 3 aromatic rings. The SMILES string of the molecule is CC(C)(C)C(=O)Nc1cccc(C(=O)NC(c2ccccc2)c2ccccn2)c1. The lowest BCUT2D eigenvalue weighted by Crippen LogP contribution is -2.30. The van der Waals surface area contributed by atoms with Crippen LogP contribution >= 0.6 is 0 Å². The Morgan fingerprint density at radius 3 is 2.28 bits per heavy atom. The van der Waals surface area contributed by atoms with Gasteiger partial charge in [-0.15, -0.1) is 0 Å². The fraction of sp³-hybridized carbons (Fsp3) is 0.208. The van der Waals surface area contributed by atoms with E-state index >= 15 is 0 Å². The third kappa shape index (κ3) is 5.29. The molecule has 2 aromatic carbocycles. The maximum Gasteiger partial charge on any atom is 0.252 e. The van der Waals surface area contributed by atoms with Crippen molar-refractivity contribution < 1.29 is 9.59 Å². The molecule has 5 nitrogen and oxygen atoms in total. The minimum Gasteiger partial charge on any atom is -0.340 e. The minimum absolute atomic E-state index is 0.106. The molecule has 2 N–H and O–H groups in total. The van der Waals surface area contributed by atoms with Crippen molar-refractivity contribution in [3.8, 4) is 0 Å². The van der Waals surface area contributed by atoms with E-state index < -0.39 is 5.41 Å². The number of carbonyl (C=O) groups excluding carboxylic acids is 2. The number of benzene rings is 2. The number of carbonyl (C=O) groups is 2. The number of hydrogen-bond donors (Lipinski definition) is 2. The number of nitrogens with one attached hydrogen (secondary N) is 2. The Morgan fingerprint density at radius 1 is 0.897 bits per heavy atom. The number of aromatic nitrogens is 1. The van der Waals surface area contributed by atoms with Gasteiger partial charge in [-0.05, 0) is 35.9 Å². The van der Waals surface area contributed by atoms with Gasteiger partial charge in [0.1, 0.15) is 0 Å². The summed E-state index contributed by atoms with van der Waals surface area (Å²) in [5.41, 5.74) is 2.23. The van der Waals surface area contributed by atoms with Gasteiger partial charge in [-0.2, -0.15) is 0 Å². The van der Waals surface area contributed by atoms with E-state index in [0.717, 1.165) is 11.3 Å². The predicted molar refractivity (Wildman–Crippen MR) is 115 cm³/mol. The highest BCUT2D eigenvalue weighted by molar-refractivity contribution is 5.98. The Balaban J connectivity index is 1.84. The summed E-state index contributed by atoms with van der Waals surface area (Å²) in [6.45, 7) is 5.53. The minimum atomic E-state index is -0.518. The number of rotatable bonds is 5. The summed E-state index contributed by atoms with van der Waals surface area (Å²) in [5, 5.41) is 5.93. The number of amides is 2. The molecule has 0 saturated heterocycles. The van der Waals surface area contributed by atoms with Crippen LogP contribution in [0.2, 0.25) is 0 Å². The Kier molecular flexibility index (Phi) is 6.07. The van der Waals surface area contributed by atoms with Crippen LogP contribution in [-0.2, 0) is 4.79 Å². The number of anilines is 1. The summed E-state index contributed by atoms with van der Waals surface area (Å²) < 4.78 is 0. The highest BCUT2D eigenvalue weighted by atomic mass is 16.2. The molecule has 0 aliphatic rings. The van der Waals surface area contributed by atoms with Gasteiger partial charge in [-0.1, -0.05) is 63.2 Å². The van der Waals surface area contributed by atoms with Crippen LogP contribution in [0.5, 0.6) is 0 Å². The van der Waals surface area contributed by atoms with E-state index in [1.54, 1.807) is 30.5 Å². The third-order valence-corrected chi connectivity index (χ3v) is 4.46. The van der Waals surface area contributed by atoms with E-state index in [1.807, 2.05) is 69.3 Å². The molecule has 0 aliphatic heterocycles. The van der Waals surface area contributed by atoms with E-state index in [1.165, 1.54) is 0 Å². The van der Waals surface area contributed by atoms with Crippen molar-refractivity contribution in [1.82, 2.24) is 10.3 Å². The number of hydrogen-bond acceptors (Lipinski definition) is 3. The van der Waals surface area contributed by atoms with Crippen molar-refractivity contribution in [3.05, 3.63) is 95.8 Å². The molecule has 0 spiro atoms. The van der Waals surface area contributed by atoms with Crippen molar-refractivity contribution >= 4 is 17.5 Å². The molecule has 5 heteroatoms. The number of pyridine rings is 1. The van der Waals surface area contributed by atoms with Crippen molar-refractivity contribution in [1.29, 1.82) is 0 Å². The van der Waals surface area contributed by atoms with Gasteiger partial charge in [0.15, 0.2) is 0 Å². The first kappa shape index (κ1) is 20.3. The second-order valence-corrected chi connectivity index (χ2v) is 7.86. The van der Waals surface area contributed by atoms with E-state index in [-0.39, 0.29) is 17.9 Å². The van der Waals surface area contributed by atoms with Crippen molar-refractivity contribution in [2.45, 2.75) is 26.8 Å². The molecule has 29 heavy (non-hydrogen) atoms. The molecular formula is C24H25N3O2. The van der Waals surface area contributed by atoms with Gasteiger partial charge >= 0.3 is 0 Å². The van der Waals surface area contributed by atoms with Crippen LogP contribution in [0.3, 0.4) is 0 Å².